The lowest BCUT2D eigenvalue weighted by molar-refractivity contribution is 0.333. The number of hydrogen-bond acceptors (Lipinski definition) is 3. The zero-order valence-electron chi connectivity index (χ0n) is 11.3. The molecular formula is C13H17BrClFN2O2S. The van der Waals surface area contributed by atoms with Crippen LogP contribution >= 0.6 is 28.3 Å². The van der Waals surface area contributed by atoms with Crippen LogP contribution < -0.4 is 5.32 Å². The van der Waals surface area contributed by atoms with Crippen LogP contribution in [0, 0.1) is 5.82 Å². The molecule has 8 heteroatoms. The minimum absolute atomic E-state index is 0. The van der Waals surface area contributed by atoms with Crippen molar-refractivity contribution in [2.45, 2.75) is 36.2 Å². The van der Waals surface area contributed by atoms with Crippen LogP contribution in [-0.4, -0.2) is 37.9 Å². The molecule has 2 aliphatic rings. The zero-order valence-corrected chi connectivity index (χ0v) is 14.5. The lowest BCUT2D eigenvalue weighted by Gasteiger charge is -2.27. The fraction of sp³-hybridized carbons (Fsp3) is 0.538. The molecule has 21 heavy (non-hydrogen) atoms. The summed E-state index contributed by atoms with van der Waals surface area (Å²) in [5.74, 6) is -0.698. The van der Waals surface area contributed by atoms with Gasteiger partial charge in [-0.3, -0.25) is 0 Å². The van der Waals surface area contributed by atoms with E-state index in [1.54, 1.807) is 6.07 Å². The summed E-state index contributed by atoms with van der Waals surface area (Å²) in [4.78, 5) is -0.223. The smallest absolute Gasteiger partial charge is 0.246 e. The Morgan fingerprint density at radius 1 is 1.24 bits per heavy atom. The van der Waals surface area contributed by atoms with E-state index in [1.165, 1.54) is 16.4 Å². The number of benzene rings is 1. The Morgan fingerprint density at radius 3 is 2.67 bits per heavy atom. The Kier molecular flexibility index (Phi) is 5.31. The molecule has 0 amide bonds. The number of nitrogens with zero attached hydrogens (tertiary/aromatic N) is 1. The van der Waals surface area contributed by atoms with Gasteiger partial charge in [-0.05, 0) is 44.0 Å². The van der Waals surface area contributed by atoms with Crippen molar-refractivity contribution in [3.8, 4) is 0 Å². The summed E-state index contributed by atoms with van der Waals surface area (Å²) in [5.41, 5.74) is 0. The highest BCUT2D eigenvalue weighted by atomic mass is 79.9. The third kappa shape index (κ3) is 3.12. The number of sulfonamides is 1. The topological polar surface area (TPSA) is 49.4 Å². The van der Waals surface area contributed by atoms with Crippen LogP contribution in [0.1, 0.15) is 19.3 Å². The number of hydrogen-bond donors (Lipinski definition) is 1. The number of fused-ring (bicyclic) bond motifs is 2. The van der Waals surface area contributed by atoms with Gasteiger partial charge < -0.3 is 5.32 Å². The summed E-state index contributed by atoms with van der Waals surface area (Å²) in [5, 5.41) is 3.25. The van der Waals surface area contributed by atoms with E-state index in [1.807, 2.05) is 0 Å². The normalized spacial score (nSPS) is 26.2. The molecule has 0 aliphatic carbocycles. The van der Waals surface area contributed by atoms with E-state index in [4.69, 9.17) is 0 Å². The SMILES string of the molecule is Cl.O=S(=O)(c1ccc(Br)cc1F)N1C2CCNCC1CC2. The van der Waals surface area contributed by atoms with Crippen molar-refractivity contribution in [3.63, 3.8) is 0 Å². The Balaban J connectivity index is 0.00000161. The van der Waals surface area contributed by atoms with Crippen LogP contribution in [0.25, 0.3) is 0 Å². The van der Waals surface area contributed by atoms with Gasteiger partial charge in [0, 0.05) is 23.1 Å². The van der Waals surface area contributed by atoms with Crippen molar-refractivity contribution in [2.75, 3.05) is 13.1 Å². The molecule has 0 aromatic heterocycles. The quantitative estimate of drug-likeness (QED) is 0.831. The van der Waals surface area contributed by atoms with Crippen LogP contribution in [-0.2, 0) is 10.0 Å². The maximum atomic E-state index is 14.0. The van der Waals surface area contributed by atoms with E-state index >= 15 is 0 Å². The monoisotopic (exact) mass is 398 g/mol. The summed E-state index contributed by atoms with van der Waals surface area (Å²) in [6.45, 7) is 1.46. The molecule has 4 nitrogen and oxygen atoms in total. The second-order valence-electron chi connectivity index (χ2n) is 5.29. The van der Waals surface area contributed by atoms with E-state index in [0.717, 1.165) is 25.8 Å². The Labute approximate surface area is 138 Å². The Hall–Kier alpha value is -0.210. The first-order chi connectivity index (χ1) is 9.50. The highest BCUT2D eigenvalue weighted by molar-refractivity contribution is 9.10. The summed E-state index contributed by atoms with van der Waals surface area (Å²) in [6.07, 6.45) is 2.49. The van der Waals surface area contributed by atoms with Crippen LogP contribution in [0.2, 0.25) is 0 Å². The molecule has 1 aromatic carbocycles. The fourth-order valence-corrected chi connectivity index (χ4v) is 5.41. The molecule has 118 valence electrons. The number of rotatable bonds is 2. The van der Waals surface area contributed by atoms with E-state index in [9.17, 15) is 12.8 Å². The van der Waals surface area contributed by atoms with Gasteiger partial charge in [0.25, 0.3) is 0 Å². The van der Waals surface area contributed by atoms with Crippen molar-refractivity contribution in [1.29, 1.82) is 0 Å². The molecule has 2 aliphatic heterocycles. The molecule has 2 heterocycles. The molecule has 2 atom stereocenters. The van der Waals surface area contributed by atoms with Crippen molar-refractivity contribution < 1.29 is 12.8 Å². The van der Waals surface area contributed by atoms with E-state index in [-0.39, 0.29) is 29.4 Å². The van der Waals surface area contributed by atoms with Crippen LogP contribution in [0.15, 0.2) is 27.6 Å². The summed E-state index contributed by atoms with van der Waals surface area (Å²) < 4.78 is 41.6. The first-order valence-corrected chi connectivity index (χ1v) is 8.93. The van der Waals surface area contributed by atoms with Crippen LogP contribution in [0.4, 0.5) is 4.39 Å². The Morgan fingerprint density at radius 2 is 1.95 bits per heavy atom. The predicted octanol–water partition coefficient (Wildman–Crippen LogP) is 2.53. The third-order valence-electron chi connectivity index (χ3n) is 4.04. The second kappa shape index (κ2) is 6.50. The first-order valence-electron chi connectivity index (χ1n) is 6.69. The van der Waals surface area contributed by atoms with Gasteiger partial charge in [0.2, 0.25) is 10.0 Å². The minimum atomic E-state index is -3.77. The molecule has 0 radical (unpaired) electrons. The van der Waals surface area contributed by atoms with Gasteiger partial charge in [-0.15, -0.1) is 12.4 Å². The van der Waals surface area contributed by atoms with Gasteiger partial charge in [-0.2, -0.15) is 4.31 Å². The van der Waals surface area contributed by atoms with Gasteiger partial charge in [0.1, 0.15) is 10.7 Å². The lowest BCUT2D eigenvalue weighted by atomic mass is 10.1. The maximum absolute atomic E-state index is 14.0. The van der Waals surface area contributed by atoms with E-state index in [0.29, 0.717) is 11.0 Å². The maximum Gasteiger partial charge on any atom is 0.246 e. The molecule has 2 bridgehead atoms. The molecule has 1 aromatic rings. The lowest BCUT2D eigenvalue weighted by Crippen LogP contribution is -2.42. The number of halogens is 3. The van der Waals surface area contributed by atoms with E-state index in [2.05, 4.69) is 21.2 Å². The molecule has 2 fully saturated rings. The predicted molar refractivity (Wildman–Crippen MR) is 84.7 cm³/mol. The highest BCUT2D eigenvalue weighted by Gasteiger charge is 2.43. The number of nitrogens with one attached hydrogen (secondary N) is 1. The summed E-state index contributed by atoms with van der Waals surface area (Å²) in [7, 11) is -3.77. The van der Waals surface area contributed by atoms with Gasteiger partial charge in [0.05, 0.1) is 0 Å². The average molecular weight is 400 g/mol. The van der Waals surface area contributed by atoms with Gasteiger partial charge in [0.15, 0.2) is 0 Å². The molecule has 2 unspecified atom stereocenters. The molecule has 0 saturated carbocycles. The standard InChI is InChI=1S/C13H16BrFN2O2S.ClH/c14-9-1-4-13(12(15)7-9)20(18,19)17-10-2-3-11(17)8-16-6-5-10;/h1,4,7,10-11,16H,2-3,5-6,8H2;1H. The molecule has 3 rings (SSSR count). The third-order valence-corrected chi connectivity index (χ3v) is 6.57. The van der Waals surface area contributed by atoms with Gasteiger partial charge >= 0.3 is 0 Å². The highest BCUT2D eigenvalue weighted by Crippen LogP contribution is 2.34. The first kappa shape index (κ1) is 17.1. The summed E-state index contributed by atoms with van der Waals surface area (Å²) >= 11 is 3.15. The minimum Gasteiger partial charge on any atom is -0.315 e. The summed E-state index contributed by atoms with van der Waals surface area (Å²) in [6, 6.07) is 4.03. The van der Waals surface area contributed by atoms with Crippen LogP contribution in [0.3, 0.4) is 0 Å². The largest absolute Gasteiger partial charge is 0.315 e. The van der Waals surface area contributed by atoms with Crippen molar-refractivity contribution in [3.05, 3.63) is 28.5 Å². The van der Waals surface area contributed by atoms with E-state index < -0.39 is 15.8 Å². The molecule has 2 saturated heterocycles. The average Bonchev–Trinajstić information content (AvgIpc) is 2.63. The van der Waals surface area contributed by atoms with Crippen molar-refractivity contribution >= 4 is 38.4 Å². The zero-order chi connectivity index (χ0) is 14.3. The molecule has 0 spiro atoms. The van der Waals surface area contributed by atoms with Gasteiger partial charge in [-0.25, -0.2) is 12.8 Å². The second-order valence-corrected chi connectivity index (χ2v) is 8.01. The van der Waals surface area contributed by atoms with Crippen molar-refractivity contribution in [2.24, 2.45) is 0 Å². The van der Waals surface area contributed by atoms with Crippen LogP contribution in [0.5, 0.6) is 0 Å². The Bertz CT molecular complexity index is 615. The van der Waals surface area contributed by atoms with Crippen molar-refractivity contribution in [1.82, 2.24) is 9.62 Å². The molecule has 1 N–H and O–H groups in total. The molecular weight excluding hydrogens is 383 g/mol. The van der Waals surface area contributed by atoms with Gasteiger partial charge in [-0.1, -0.05) is 15.9 Å². The fourth-order valence-electron chi connectivity index (χ4n) is 3.13.